The van der Waals surface area contributed by atoms with Crippen LogP contribution in [0.3, 0.4) is 0 Å². The Labute approximate surface area is 206 Å². The van der Waals surface area contributed by atoms with E-state index in [9.17, 15) is 13.2 Å². The number of carbonyl (C=O) groups excluding carboxylic acids is 1. The molecule has 35 heavy (non-hydrogen) atoms. The Hall–Kier alpha value is -3.24. The van der Waals surface area contributed by atoms with Crippen molar-refractivity contribution in [1.29, 1.82) is 0 Å². The molecule has 2 aromatic heterocycles. The van der Waals surface area contributed by atoms with Crippen LogP contribution in [0.5, 0.6) is 5.88 Å². The third-order valence-electron chi connectivity index (χ3n) is 6.61. The summed E-state index contributed by atoms with van der Waals surface area (Å²) < 4.78 is 35.1. The molecule has 1 N–H and O–H groups in total. The molecule has 0 aliphatic heterocycles. The Morgan fingerprint density at radius 2 is 2.00 bits per heavy atom. The highest BCUT2D eigenvalue weighted by molar-refractivity contribution is 7.90. The van der Waals surface area contributed by atoms with Gasteiger partial charge in [-0.1, -0.05) is 12.1 Å². The van der Waals surface area contributed by atoms with Gasteiger partial charge in [0.15, 0.2) is 5.03 Å². The van der Waals surface area contributed by atoms with Gasteiger partial charge in [0.25, 0.3) is 10.0 Å². The quantitative estimate of drug-likeness (QED) is 0.510. The molecule has 1 amide bonds. The number of fused-ring (bicyclic) bond motifs is 1. The van der Waals surface area contributed by atoms with Gasteiger partial charge in [0.1, 0.15) is 0 Å². The number of methoxy groups -OCH3 is 1. The minimum atomic E-state index is -4.12. The summed E-state index contributed by atoms with van der Waals surface area (Å²) in [5.41, 5.74) is 5.63. The maximum Gasteiger partial charge on any atom is 0.283 e. The van der Waals surface area contributed by atoms with Crippen molar-refractivity contribution in [3.8, 4) is 17.0 Å². The largest absolute Gasteiger partial charge is 0.481 e. The van der Waals surface area contributed by atoms with Crippen LogP contribution in [0.4, 0.5) is 0 Å². The molecule has 9 nitrogen and oxygen atoms in total. The lowest BCUT2D eigenvalue weighted by molar-refractivity contribution is -0.118. The monoisotopic (exact) mass is 497 g/mol. The molecule has 0 fully saturated rings. The predicted octanol–water partition coefficient (Wildman–Crippen LogP) is 2.65. The third kappa shape index (κ3) is 5.08. The molecule has 3 aromatic rings. The standard InChI is InChI=1S/C25H31N5O4S/c1-16(29(2)3)22-15-25(27-30(22)4)35(32,33)28-23(31)14-21-19-8-6-7-17(19)9-10-20(21)18-11-12-26-24(13-18)34-5/h9-13,15-16H,6-8,14H2,1-5H3,(H,28,31). The summed E-state index contributed by atoms with van der Waals surface area (Å²) >= 11 is 0. The summed E-state index contributed by atoms with van der Waals surface area (Å²) in [5, 5.41) is 3.98. The number of ether oxygens (including phenoxy) is 1. The van der Waals surface area contributed by atoms with Crippen molar-refractivity contribution in [1.82, 2.24) is 24.4 Å². The average Bonchev–Trinajstić information content (AvgIpc) is 3.45. The van der Waals surface area contributed by atoms with Crippen molar-refractivity contribution in [3.63, 3.8) is 0 Å². The van der Waals surface area contributed by atoms with Crippen LogP contribution >= 0.6 is 0 Å². The molecule has 1 aliphatic rings. The van der Waals surface area contributed by atoms with Gasteiger partial charge in [0, 0.05) is 31.4 Å². The van der Waals surface area contributed by atoms with Gasteiger partial charge >= 0.3 is 0 Å². The fraction of sp³-hybridized carbons (Fsp3) is 0.400. The van der Waals surface area contributed by atoms with Crippen LogP contribution in [0.2, 0.25) is 0 Å². The van der Waals surface area contributed by atoms with Crippen molar-refractivity contribution >= 4 is 15.9 Å². The molecule has 0 saturated carbocycles. The number of amides is 1. The van der Waals surface area contributed by atoms with Crippen molar-refractivity contribution in [2.75, 3.05) is 21.2 Å². The molecular formula is C25H31N5O4S. The zero-order valence-corrected chi connectivity index (χ0v) is 21.5. The molecule has 10 heteroatoms. The van der Waals surface area contributed by atoms with Crippen LogP contribution in [0.25, 0.3) is 11.1 Å². The summed E-state index contributed by atoms with van der Waals surface area (Å²) in [6.07, 6.45) is 4.40. The number of rotatable bonds is 8. The smallest absolute Gasteiger partial charge is 0.283 e. The summed E-state index contributed by atoms with van der Waals surface area (Å²) in [6, 6.07) is 9.22. The third-order valence-corrected chi connectivity index (χ3v) is 7.86. The van der Waals surface area contributed by atoms with Gasteiger partial charge in [-0.15, -0.1) is 0 Å². The number of aryl methyl sites for hydroxylation is 2. The molecule has 1 aliphatic carbocycles. The Morgan fingerprint density at radius 3 is 2.71 bits per heavy atom. The zero-order chi connectivity index (χ0) is 25.3. The Morgan fingerprint density at radius 1 is 1.23 bits per heavy atom. The van der Waals surface area contributed by atoms with E-state index in [2.05, 4.69) is 20.9 Å². The van der Waals surface area contributed by atoms with E-state index in [1.54, 1.807) is 20.4 Å². The fourth-order valence-electron chi connectivity index (χ4n) is 4.54. The summed E-state index contributed by atoms with van der Waals surface area (Å²) in [6.45, 7) is 1.96. The van der Waals surface area contributed by atoms with Gasteiger partial charge in [-0.3, -0.25) is 9.48 Å². The number of pyridine rings is 1. The fourth-order valence-corrected chi connectivity index (χ4v) is 5.53. The van der Waals surface area contributed by atoms with E-state index in [1.165, 1.54) is 16.3 Å². The topological polar surface area (TPSA) is 106 Å². The van der Waals surface area contributed by atoms with Crippen LogP contribution in [-0.4, -0.2) is 55.2 Å². The van der Waals surface area contributed by atoms with Gasteiger partial charge in [-0.2, -0.15) is 13.5 Å². The van der Waals surface area contributed by atoms with E-state index in [0.29, 0.717) is 5.88 Å². The number of aromatic nitrogens is 3. The highest BCUT2D eigenvalue weighted by Gasteiger charge is 2.26. The summed E-state index contributed by atoms with van der Waals surface area (Å²) in [4.78, 5) is 19.2. The molecule has 1 unspecified atom stereocenters. The second kappa shape index (κ2) is 9.79. The second-order valence-electron chi connectivity index (χ2n) is 9.05. The molecule has 0 saturated heterocycles. The highest BCUT2D eigenvalue weighted by atomic mass is 32.2. The minimum Gasteiger partial charge on any atom is -0.481 e. The summed E-state index contributed by atoms with van der Waals surface area (Å²) in [7, 11) is 2.93. The van der Waals surface area contributed by atoms with E-state index < -0.39 is 15.9 Å². The van der Waals surface area contributed by atoms with Gasteiger partial charge in [0.2, 0.25) is 11.8 Å². The predicted molar refractivity (Wildman–Crippen MR) is 133 cm³/mol. The number of sulfonamides is 1. The van der Waals surface area contributed by atoms with Crippen molar-refractivity contribution < 1.29 is 17.9 Å². The van der Waals surface area contributed by atoms with Crippen LogP contribution in [0.1, 0.15) is 41.8 Å². The van der Waals surface area contributed by atoms with Gasteiger partial charge in [-0.25, -0.2) is 9.71 Å². The van der Waals surface area contributed by atoms with Crippen LogP contribution in [0.15, 0.2) is 41.6 Å². The molecule has 0 spiro atoms. The number of nitrogens with one attached hydrogen (secondary N) is 1. The van der Waals surface area contributed by atoms with E-state index in [1.807, 2.05) is 44.1 Å². The lowest BCUT2D eigenvalue weighted by Crippen LogP contribution is -2.32. The number of hydrogen-bond acceptors (Lipinski definition) is 7. The van der Waals surface area contributed by atoms with E-state index >= 15 is 0 Å². The van der Waals surface area contributed by atoms with Crippen molar-refractivity contribution in [3.05, 3.63) is 58.9 Å². The first-order chi connectivity index (χ1) is 16.6. The van der Waals surface area contributed by atoms with Gasteiger partial charge in [-0.05, 0) is 74.2 Å². The van der Waals surface area contributed by atoms with Crippen molar-refractivity contribution in [2.24, 2.45) is 7.05 Å². The first-order valence-electron chi connectivity index (χ1n) is 11.5. The number of benzene rings is 1. The highest BCUT2D eigenvalue weighted by Crippen LogP contribution is 2.34. The first kappa shape index (κ1) is 24.9. The Balaban J connectivity index is 1.63. The van der Waals surface area contributed by atoms with Gasteiger partial charge in [0.05, 0.1) is 19.2 Å². The van der Waals surface area contributed by atoms with Gasteiger partial charge < -0.3 is 9.64 Å². The first-order valence-corrected chi connectivity index (χ1v) is 13.0. The number of hydrogen-bond donors (Lipinski definition) is 1. The molecule has 186 valence electrons. The lowest BCUT2D eigenvalue weighted by atomic mass is 9.91. The molecule has 0 bridgehead atoms. The number of carbonyl (C=O) groups is 1. The minimum absolute atomic E-state index is 0.0426. The maximum absolute atomic E-state index is 13.1. The van der Waals surface area contributed by atoms with Crippen LogP contribution in [-0.2, 0) is 41.1 Å². The Bertz CT molecular complexity index is 1360. The van der Waals surface area contributed by atoms with E-state index in [-0.39, 0.29) is 17.5 Å². The maximum atomic E-state index is 13.1. The van der Waals surface area contributed by atoms with E-state index in [4.69, 9.17) is 4.74 Å². The van der Waals surface area contributed by atoms with Crippen LogP contribution < -0.4 is 9.46 Å². The van der Waals surface area contributed by atoms with Crippen molar-refractivity contribution in [2.45, 2.75) is 43.7 Å². The molecular weight excluding hydrogens is 466 g/mol. The zero-order valence-electron chi connectivity index (χ0n) is 20.7. The molecule has 1 atom stereocenters. The second-order valence-corrected chi connectivity index (χ2v) is 10.7. The lowest BCUT2D eigenvalue weighted by Gasteiger charge is -2.19. The normalized spacial score (nSPS) is 14.1. The molecule has 4 rings (SSSR count). The SMILES string of the molecule is COc1cc(-c2ccc3c(c2CC(=O)NS(=O)(=O)c2cc(C(C)N(C)C)n(C)n2)CCC3)ccn1. The molecule has 1 aromatic carbocycles. The summed E-state index contributed by atoms with van der Waals surface area (Å²) in [5.74, 6) is -0.126. The van der Waals surface area contributed by atoms with E-state index in [0.717, 1.165) is 47.2 Å². The Kier molecular flexibility index (Phi) is 6.95. The average molecular weight is 498 g/mol. The van der Waals surface area contributed by atoms with Crippen LogP contribution in [0, 0.1) is 0 Å². The molecule has 0 radical (unpaired) electrons. The number of nitrogens with zero attached hydrogens (tertiary/aromatic N) is 4. The molecule has 2 heterocycles.